The van der Waals surface area contributed by atoms with Crippen LogP contribution in [-0.2, 0) is 22.6 Å². The molecule has 9 heteroatoms. The molecule has 0 atom stereocenters. The van der Waals surface area contributed by atoms with Crippen molar-refractivity contribution in [3.05, 3.63) is 52.1 Å². The maximum absolute atomic E-state index is 12.2. The molecule has 0 N–H and O–H groups in total. The average Bonchev–Trinajstić information content (AvgIpc) is 3.39. The van der Waals surface area contributed by atoms with Crippen LogP contribution in [0.2, 0.25) is 0 Å². The van der Waals surface area contributed by atoms with E-state index in [0.717, 1.165) is 33.2 Å². The van der Waals surface area contributed by atoms with Crippen molar-refractivity contribution in [3.8, 4) is 10.7 Å². The van der Waals surface area contributed by atoms with Crippen LogP contribution in [0.15, 0.2) is 28.1 Å². The molecule has 0 amide bonds. The Morgan fingerprint density at radius 1 is 1.29 bits per heavy atom. The van der Waals surface area contributed by atoms with Gasteiger partial charge in [-0.3, -0.25) is 4.79 Å². The normalized spacial score (nSPS) is 11.2. The maximum Gasteiger partial charge on any atom is 0.306 e. The summed E-state index contributed by atoms with van der Waals surface area (Å²) < 4.78 is 12.2. The molecule has 144 valence electrons. The smallest absolute Gasteiger partial charge is 0.306 e. The number of carbonyl (C=O) groups is 1. The largest absolute Gasteiger partial charge is 0.456 e. The number of thiophene rings is 1. The fourth-order valence-corrected chi connectivity index (χ4v) is 3.71. The third-order valence-corrected chi connectivity index (χ3v) is 5.30. The van der Waals surface area contributed by atoms with Gasteiger partial charge in [0.15, 0.2) is 12.3 Å². The zero-order valence-corrected chi connectivity index (χ0v) is 16.6. The van der Waals surface area contributed by atoms with Gasteiger partial charge >= 0.3 is 5.97 Å². The number of hydrogen-bond donors (Lipinski definition) is 0. The maximum atomic E-state index is 12.2. The summed E-state index contributed by atoms with van der Waals surface area (Å²) in [5.41, 5.74) is 4.62. The van der Waals surface area contributed by atoms with Gasteiger partial charge in [0, 0.05) is 23.9 Å². The van der Waals surface area contributed by atoms with E-state index in [1.807, 2.05) is 48.9 Å². The van der Waals surface area contributed by atoms with E-state index in [-0.39, 0.29) is 24.9 Å². The van der Waals surface area contributed by atoms with Crippen molar-refractivity contribution >= 4 is 23.0 Å². The number of aryl methyl sites for hydroxylation is 3. The second-order valence-corrected chi connectivity index (χ2v) is 7.41. The minimum absolute atomic E-state index is 0.0369. The van der Waals surface area contributed by atoms with Crippen molar-refractivity contribution in [2.45, 2.75) is 40.2 Å². The second-order valence-electron chi connectivity index (χ2n) is 6.47. The molecule has 0 saturated heterocycles. The molecule has 28 heavy (non-hydrogen) atoms. The summed E-state index contributed by atoms with van der Waals surface area (Å²) in [6.07, 6.45) is 0.768. The van der Waals surface area contributed by atoms with Crippen LogP contribution in [0.4, 0.5) is 0 Å². The van der Waals surface area contributed by atoms with E-state index in [2.05, 4.69) is 20.2 Å². The van der Waals surface area contributed by atoms with Gasteiger partial charge in [0.1, 0.15) is 0 Å². The number of nitrogens with zero attached hydrogens (tertiary/aromatic N) is 5. The van der Waals surface area contributed by atoms with Crippen LogP contribution >= 0.6 is 11.3 Å². The number of hydrogen-bond acceptors (Lipinski definition) is 8. The Hall–Kier alpha value is -3.07. The van der Waals surface area contributed by atoms with Crippen molar-refractivity contribution in [1.82, 2.24) is 24.7 Å². The molecule has 0 spiro atoms. The number of aromatic nitrogens is 5. The lowest BCUT2D eigenvalue weighted by Gasteiger charge is -2.10. The number of esters is 1. The molecule has 0 fully saturated rings. The Labute approximate surface area is 165 Å². The van der Waals surface area contributed by atoms with Crippen molar-refractivity contribution < 1.29 is 14.1 Å². The first-order valence-electron chi connectivity index (χ1n) is 8.86. The van der Waals surface area contributed by atoms with E-state index in [0.29, 0.717) is 12.2 Å². The lowest BCUT2D eigenvalue weighted by Crippen LogP contribution is -2.10. The molecule has 0 radical (unpaired) electrons. The average molecular weight is 397 g/mol. The van der Waals surface area contributed by atoms with Gasteiger partial charge in [0.05, 0.1) is 10.6 Å². The lowest BCUT2D eigenvalue weighted by atomic mass is 10.1. The summed E-state index contributed by atoms with van der Waals surface area (Å²) in [6, 6.07) is 5.76. The molecule has 4 aromatic heterocycles. The lowest BCUT2D eigenvalue weighted by molar-refractivity contribution is -0.145. The number of ether oxygens (including phenoxy) is 1. The summed E-state index contributed by atoms with van der Waals surface area (Å²) >= 11 is 1.52. The Morgan fingerprint density at radius 2 is 2.14 bits per heavy atom. The van der Waals surface area contributed by atoms with E-state index < -0.39 is 0 Å². The van der Waals surface area contributed by atoms with Gasteiger partial charge in [0.25, 0.3) is 5.89 Å². The Morgan fingerprint density at radius 3 is 2.93 bits per heavy atom. The van der Waals surface area contributed by atoms with Crippen molar-refractivity contribution in [2.24, 2.45) is 0 Å². The first-order valence-corrected chi connectivity index (χ1v) is 9.74. The predicted molar refractivity (Wildman–Crippen MR) is 103 cm³/mol. The highest BCUT2D eigenvalue weighted by Crippen LogP contribution is 2.21. The zero-order valence-electron chi connectivity index (χ0n) is 15.8. The van der Waals surface area contributed by atoms with E-state index in [1.165, 1.54) is 11.3 Å². The summed E-state index contributed by atoms with van der Waals surface area (Å²) in [7, 11) is 0. The fraction of sp³-hybridized carbons (Fsp3) is 0.316. The van der Waals surface area contributed by atoms with Crippen LogP contribution in [0.1, 0.15) is 35.0 Å². The van der Waals surface area contributed by atoms with Gasteiger partial charge in [0.2, 0.25) is 5.82 Å². The van der Waals surface area contributed by atoms with Gasteiger partial charge < -0.3 is 9.26 Å². The molecule has 8 nitrogen and oxygen atoms in total. The summed E-state index contributed by atoms with van der Waals surface area (Å²) in [6.45, 7) is 5.83. The predicted octanol–water partition coefficient (Wildman–Crippen LogP) is 3.44. The first kappa shape index (κ1) is 18.3. The van der Waals surface area contributed by atoms with E-state index in [1.54, 1.807) is 0 Å². The Bertz CT molecular complexity index is 1130. The molecular formula is C19H19N5O3S. The molecule has 0 aliphatic heterocycles. The molecule has 4 aromatic rings. The molecule has 0 aromatic carbocycles. The number of fused-ring (bicyclic) bond motifs is 1. The van der Waals surface area contributed by atoms with Crippen LogP contribution in [-0.4, -0.2) is 30.7 Å². The first-order chi connectivity index (χ1) is 13.5. The fourth-order valence-electron chi connectivity index (χ4n) is 3.06. The topological polar surface area (TPSA) is 95.4 Å². The van der Waals surface area contributed by atoms with Gasteiger partial charge in [-0.25, -0.2) is 9.50 Å². The van der Waals surface area contributed by atoms with Crippen LogP contribution in [0.3, 0.4) is 0 Å². The van der Waals surface area contributed by atoms with Crippen molar-refractivity contribution in [3.63, 3.8) is 0 Å². The zero-order chi connectivity index (χ0) is 19.7. The SMILES string of the molecule is Cc1cc2nc(C)c(CCC(=O)OCc3nc(-c4cccs4)no3)c(C)n2n1. The minimum atomic E-state index is -0.327. The van der Waals surface area contributed by atoms with Crippen molar-refractivity contribution in [2.75, 3.05) is 0 Å². The molecule has 0 bridgehead atoms. The minimum Gasteiger partial charge on any atom is -0.456 e. The monoisotopic (exact) mass is 397 g/mol. The third-order valence-electron chi connectivity index (χ3n) is 4.43. The summed E-state index contributed by atoms with van der Waals surface area (Å²) in [5.74, 6) is 0.451. The molecule has 4 rings (SSSR count). The van der Waals surface area contributed by atoms with Gasteiger partial charge in [-0.05, 0) is 44.2 Å². The van der Waals surface area contributed by atoms with Gasteiger partial charge in [-0.1, -0.05) is 11.2 Å². The molecule has 4 heterocycles. The van der Waals surface area contributed by atoms with Crippen LogP contribution in [0.25, 0.3) is 16.3 Å². The standard InChI is InChI=1S/C19H19N5O3S/c1-11-9-16-20-12(2)14(13(3)24(16)22-11)6-7-18(25)26-10-17-21-19(23-27-17)15-5-4-8-28-15/h4-5,8-9H,6-7,10H2,1-3H3. The van der Waals surface area contributed by atoms with Crippen LogP contribution in [0, 0.1) is 20.8 Å². The van der Waals surface area contributed by atoms with Crippen LogP contribution in [0.5, 0.6) is 0 Å². The van der Waals surface area contributed by atoms with Crippen molar-refractivity contribution in [1.29, 1.82) is 0 Å². The summed E-state index contributed by atoms with van der Waals surface area (Å²) in [5, 5.41) is 10.3. The van der Waals surface area contributed by atoms with Gasteiger partial charge in [-0.15, -0.1) is 11.3 Å². The van der Waals surface area contributed by atoms with E-state index in [4.69, 9.17) is 9.26 Å². The number of rotatable bonds is 6. The molecule has 0 aliphatic carbocycles. The molecular weight excluding hydrogens is 378 g/mol. The Kier molecular flexibility index (Phi) is 4.91. The van der Waals surface area contributed by atoms with E-state index >= 15 is 0 Å². The highest BCUT2D eigenvalue weighted by Gasteiger charge is 2.15. The highest BCUT2D eigenvalue weighted by molar-refractivity contribution is 7.13. The molecule has 0 saturated carbocycles. The molecule has 0 unspecified atom stereocenters. The van der Waals surface area contributed by atoms with Gasteiger partial charge in [-0.2, -0.15) is 10.1 Å². The highest BCUT2D eigenvalue weighted by atomic mass is 32.1. The summed E-state index contributed by atoms with van der Waals surface area (Å²) in [4.78, 5) is 21.9. The number of carbonyl (C=O) groups excluding carboxylic acids is 1. The van der Waals surface area contributed by atoms with Crippen LogP contribution < -0.4 is 0 Å². The third kappa shape index (κ3) is 3.65. The Balaban J connectivity index is 1.37. The molecule has 0 aliphatic rings. The van der Waals surface area contributed by atoms with E-state index in [9.17, 15) is 4.79 Å². The second kappa shape index (κ2) is 7.51. The quantitative estimate of drug-likeness (QED) is 0.460.